The van der Waals surface area contributed by atoms with Gasteiger partial charge in [0.25, 0.3) is 0 Å². The maximum absolute atomic E-state index is 11.1. The van der Waals surface area contributed by atoms with E-state index in [0.717, 1.165) is 49.7 Å². The summed E-state index contributed by atoms with van der Waals surface area (Å²) < 4.78 is 5.34. The van der Waals surface area contributed by atoms with Crippen LogP contribution >= 0.6 is 0 Å². The molecule has 0 spiro atoms. The molecule has 0 saturated carbocycles. The van der Waals surface area contributed by atoms with Gasteiger partial charge in [-0.05, 0) is 72.1 Å². The van der Waals surface area contributed by atoms with E-state index in [1.54, 1.807) is 32.9 Å². The molecular formula is C33H54N2O5. The fourth-order valence-electron chi connectivity index (χ4n) is 2.88. The highest BCUT2D eigenvalue weighted by Gasteiger charge is 2.31. The predicted octanol–water partition coefficient (Wildman–Crippen LogP) is 6.37. The number of carbonyl (C=O) groups is 3. The van der Waals surface area contributed by atoms with Gasteiger partial charge >= 0.3 is 0 Å². The standard InChI is InChI=1S/C16H15NO.C7H13NO2.C7H16O.C2H6.CH4O/c1-3-16-10-14(11-17-16)5-4-13-6-8-15(9-7-13)12(2)18;1-5(9)7(2,3)6(10)8-4;1-4-7(5-2)8-6-3;2*1-2/h6-11,17H,3H2,1-2H3;1-4H3,(H,8,10);7H,4-6H2,1-3H3;1-2H3;2H,1H3. The second kappa shape index (κ2) is 24.8. The zero-order valence-electron chi connectivity index (χ0n) is 27.0. The lowest BCUT2D eigenvalue weighted by molar-refractivity contribution is -0.138. The van der Waals surface area contributed by atoms with Gasteiger partial charge in [-0.15, -0.1) is 0 Å². The topological polar surface area (TPSA) is 108 Å². The number of rotatable bonds is 8. The highest BCUT2D eigenvalue weighted by atomic mass is 16.5. The minimum absolute atomic E-state index is 0.0766. The third-order valence-corrected chi connectivity index (χ3v) is 5.75. The molecular weight excluding hydrogens is 504 g/mol. The predicted molar refractivity (Wildman–Crippen MR) is 167 cm³/mol. The van der Waals surface area contributed by atoms with Crippen molar-refractivity contribution in [3.63, 3.8) is 0 Å². The maximum atomic E-state index is 11.1. The second-order valence-corrected chi connectivity index (χ2v) is 8.80. The summed E-state index contributed by atoms with van der Waals surface area (Å²) >= 11 is 0. The first kappa shape index (κ1) is 41.3. The first-order valence-corrected chi connectivity index (χ1v) is 14.1. The summed E-state index contributed by atoms with van der Waals surface area (Å²) in [6, 6.07) is 9.41. The highest BCUT2D eigenvalue weighted by molar-refractivity contribution is 6.04. The van der Waals surface area contributed by atoms with Crippen molar-refractivity contribution in [2.75, 3.05) is 20.8 Å². The number of carbonyl (C=O) groups excluding carboxylic acids is 3. The Balaban J connectivity index is -0.000000531. The molecule has 0 aliphatic heterocycles. The van der Waals surface area contributed by atoms with E-state index >= 15 is 0 Å². The Labute approximate surface area is 243 Å². The highest BCUT2D eigenvalue weighted by Crippen LogP contribution is 2.15. The molecule has 0 unspecified atom stereocenters. The normalized spacial score (nSPS) is 9.45. The largest absolute Gasteiger partial charge is 0.400 e. The number of H-pyrrole nitrogens is 1. The molecule has 0 bridgehead atoms. The van der Waals surface area contributed by atoms with Crippen molar-refractivity contribution in [2.24, 2.45) is 5.41 Å². The van der Waals surface area contributed by atoms with Crippen LogP contribution in [0.3, 0.4) is 0 Å². The molecule has 2 rings (SSSR count). The van der Waals surface area contributed by atoms with Gasteiger partial charge in [-0.25, -0.2) is 0 Å². The molecule has 3 N–H and O–H groups in total. The lowest BCUT2D eigenvalue weighted by atomic mass is 9.88. The van der Waals surface area contributed by atoms with Crippen molar-refractivity contribution in [2.45, 2.75) is 94.6 Å². The van der Waals surface area contributed by atoms with Crippen molar-refractivity contribution in [3.8, 4) is 11.8 Å². The summed E-state index contributed by atoms with van der Waals surface area (Å²) in [6.45, 7) is 19.5. The molecule has 0 aliphatic carbocycles. The molecule has 1 aromatic heterocycles. The molecule has 226 valence electrons. The van der Waals surface area contributed by atoms with Gasteiger partial charge in [0.1, 0.15) is 11.2 Å². The molecule has 0 saturated heterocycles. The van der Waals surface area contributed by atoms with E-state index in [9.17, 15) is 14.4 Å². The van der Waals surface area contributed by atoms with Crippen molar-refractivity contribution in [1.82, 2.24) is 10.3 Å². The van der Waals surface area contributed by atoms with Crippen LogP contribution in [-0.4, -0.2) is 54.4 Å². The summed E-state index contributed by atoms with van der Waals surface area (Å²) in [6.07, 6.45) is 5.68. The van der Waals surface area contributed by atoms with E-state index in [-0.39, 0.29) is 17.5 Å². The second-order valence-electron chi connectivity index (χ2n) is 8.80. The van der Waals surface area contributed by atoms with Crippen LogP contribution in [0.1, 0.15) is 109 Å². The van der Waals surface area contributed by atoms with Crippen LogP contribution in [0.25, 0.3) is 0 Å². The first-order chi connectivity index (χ1) is 19.0. The number of ether oxygens (including phenoxy) is 1. The Morgan fingerprint density at radius 2 is 1.45 bits per heavy atom. The number of nitrogens with one attached hydrogen (secondary N) is 2. The molecule has 7 heteroatoms. The number of aromatic nitrogens is 1. The molecule has 0 aliphatic rings. The average Bonchev–Trinajstić information content (AvgIpc) is 3.45. The van der Waals surface area contributed by atoms with Gasteiger partial charge in [0.2, 0.25) is 5.91 Å². The molecule has 40 heavy (non-hydrogen) atoms. The molecule has 7 nitrogen and oxygen atoms in total. The molecule has 2 aromatic rings. The van der Waals surface area contributed by atoms with E-state index in [2.05, 4.69) is 49.0 Å². The van der Waals surface area contributed by atoms with E-state index < -0.39 is 5.41 Å². The Morgan fingerprint density at radius 1 is 0.950 bits per heavy atom. The molecule has 0 fully saturated rings. The van der Waals surface area contributed by atoms with Gasteiger partial charge < -0.3 is 20.1 Å². The van der Waals surface area contributed by atoms with Gasteiger partial charge in [0, 0.05) is 49.3 Å². The Hall–Kier alpha value is -3.21. The Bertz CT molecular complexity index is 1010. The van der Waals surface area contributed by atoms with E-state index in [1.807, 2.05) is 39.1 Å². The van der Waals surface area contributed by atoms with Crippen molar-refractivity contribution < 1.29 is 24.2 Å². The monoisotopic (exact) mass is 558 g/mol. The van der Waals surface area contributed by atoms with E-state index in [1.165, 1.54) is 19.7 Å². The van der Waals surface area contributed by atoms with Gasteiger partial charge in [-0.3, -0.25) is 14.4 Å². The quantitative estimate of drug-likeness (QED) is 0.198. The van der Waals surface area contributed by atoms with E-state index in [0.29, 0.717) is 6.10 Å². The van der Waals surface area contributed by atoms with Gasteiger partial charge in [-0.1, -0.05) is 58.6 Å². The van der Waals surface area contributed by atoms with Crippen LogP contribution in [0.5, 0.6) is 0 Å². The maximum Gasteiger partial charge on any atom is 0.232 e. The summed E-state index contributed by atoms with van der Waals surface area (Å²) in [4.78, 5) is 36.0. The average molecular weight is 559 g/mol. The van der Waals surface area contributed by atoms with Crippen molar-refractivity contribution in [1.29, 1.82) is 0 Å². The Morgan fingerprint density at radius 3 is 1.75 bits per heavy atom. The van der Waals surface area contributed by atoms with Crippen LogP contribution < -0.4 is 5.32 Å². The number of Topliss-reactive ketones (excluding diaryl/α,β-unsaturated/α-hetero) is 2. The number of aromatic amines is 1. The number of aryl methyl sites for hydroxylation is 1. The number of hydrogen-bond donors (Lipinski definition) is 3. The lowest BCUT2D eigenvalue weighted by Crippen LogP contribution is -2.39. The number of aliphatic hydroxyl groups is 1. The van der Waals surface area contributed by atoms with Crippen molar-refractivity contribution >= 4 is 17.5 Å². The molecule has 1 aromatic carbocycles. The van der Waals surface area contributed by atoms with Gasteiger partial charge in [0.15, 0.2) is 5.78 Å². The fraction of sp³-hybridized carbons (Fsp3) is 0.545. The fourth-order valence-corrected chi connectivity index (χ4v) is 2.88. The minimum Gasteiger partial charge on any atom is -0.400 e. The zero-order valence-corrected chi connectivity index (χ0v) is 27.0. The van der Waals surface area contributed by atoms with Crippen LogP contribution in [0.4, 0.5) is 0 Å². The summed E-state index contributed by atoms with van der Waals surface area (Å²) in [5.74, 6) is 5.90. The molecule has 1 heterocycles. The van der Waals surface area contributed by atoms with Gasteiger partial charge in [0.05, 0.1) is 6.10 Å². The number of amides is 1. The van der Waals surface area contributed by atoms with Crippen LogP contribution in [0.15, 0.2) is 36.5 Å². The van der Waals surface area contributed by atoms with Crippen LogP contribution in [0.2, 0.25) is 0 Å². The van der Waals surface area contributed by atoms with Crippen LogP contribution in [-0.2, 0) is 20.7 Å². The smallest absolute Gasteiger partial charge is 0.232 e. The van der Waals surface area contributed by atoms with Crippen LogP contribution in [0, 0.1) is 17.3 Å². The summed E-state index contributed by atoms with van der Waals surface area (Å²) in [5, 5.41) is 9.43. The zero-order chi connectivity index (χ0) is 31.7. The Kier molecular flexibility index (Phi) is 25.6. The molecule has 0 radical (unpaired) electrons. The molecule has 0 atom stereocenters. The summed E-state index contributed by atoms with van der Waals surface area (Å²) in [5.41, 5.74) is 2.93. The SMILES string of the molecule is CC.CCOC(CC)CC.CCc1cc(C#Cc2ccc(C(C)=O)cc2)c[nH]1.CNC(=O)C(C)(C)C(C)=O.CO. The molecule has 1 amide bonds. The number of benzene rings is 1. The minimum atomic E-state index is -0.880. The third-order valence-electron chi connectivity index (χ3n) is 5.75. The lowest BCUT2D eigenvalue weighted by Gasteiger charge is -2.17. The number of ketones is 2. The van der Waals surface area contributed by atoms with Gasteiger partial charge in [-0.2, -0.15) is 0 Å². The third kappa shape index (κ3) is 17.4. The number of hydrogen-bond acceptors (Lipinski definition) is 5. The summed E-state index contributed by atoms with van der Waals surface area (Å²) in [7, 11) is 2.52. The number of aliphatic hydroxyl groups excluding tert-OH is 1. The van der Waals surface area contributed by atoms with E-state index in [4.69, 9.17) is 9.84 Å². The first-order valence-electron chi connectivity index (χ1n) is 14.1. The van der Waals surface area contributed by atoms with Crippen molar-refractivity contribution in [3.05, 3.63) is 58.9 Å².